The van der Waals surface area contributed by atoms with Crippen LogP contribution in [0.1, 0.15) is 29.6 Å². The van der Waals surface area contributed by atoms with Gasteiger partial charge in [-0.05, 0) is 13.8 Å². The molecule has 1 fully saturated rings. The number of hydrogen-bond donors (Lipinski definition) is 2. The lowest BCUT2D eigenvalue weighted by atomic mass is 9.97. The molecule has 0 radical (unpaired) electrons. The molecule has 2 atom stereocenters. The van der Waals surface area contributed by atoms with Gasteiger partial charge in [-0.2, -0.15) is 0 Å². The summed E-state index contributed by atoms with van der Waals surface area (Å²) in [5, 5.41) is 16.4. The second kappa shape index (κ2) is 4.46. The number of hydrogen-bond acceptors (Lipinski definition) is 5. The molecular formula is C11H16N2O4. The van der Waals surface area contributed by atoms with Crippen molar-refractivity contribution >= 4 is 5.91 Å². The van der Waals surface area contributed by atoms with Crippen LogP contribution in [0.3, 0.4) is 0 Å². The summed E-state index contributed by atoms with van der Waals surface area (Å²) in [6.45, 7) is 4.17. The van der Waals surface area contributed by atoms with E-state index in [0.717, 1.165) is 0 Å². The fourth-order valence-electron chi connectivity index (χ4n) is 1.80. The molecule has 2 N–H and O–H groups in total. The predicted octanol–water partition coefficient (Wildman–Crippen LogP) is 0.253. The molecule has 6 nitrogen and oxygen atoms in total. The minimum Gasteiger partial charge on any atom is -0.385 e. The first kappa shape index (κ1) is 12.1. The number of carbonyl (C=O) groups excluding carboxylic acids is 1. The van der Waals surface area contributed by atoms with Crippen molar-refractivity contribution in [3.05, 3.63) is 17.5 Å². The lowest BCUT2D eigenvalue weighted by molar-refractivity contribution is -0.0252. The quantitative estimate of drug-likeness (QED) is 0.791. The summed E-state index contributed by atoms with van der Waals surface area (Å²) in [5.41, 5.74) is -0.772. The van der Waals surface area contributed by atoms with Gasteiger partial charge in [-0.3, -0.25) is 4.79 Å². The third-order valence-electron chi connectivity index (χ3n) is 3.08. The predicted molar refractivity (Wildman–Crippen MR) is 58.6 cm³/mol. The number of nitrogens with one attached hydrogen (secondary N) is 1. The highest BCUT2D eigenvalue weighted by molar-refractivity contribution is 5.92. The van der Waals surface area contributed by atoms with Crippen LogP contribution in [0.5, 0.6) is 0 Å². The maximum absolute atomic E-state index is 11.7. The van der Waals surface area contributed by atoms with Crippen molar-refractivity contribution in [1.82, 2.24) is 10.5 Å². The largest absolute Gasteiger partial charge is 0.385 e. The third-order valence-corrected chi connectivity index (χ3v) is 3.08. The highest BCUT2D eigenvalue weighted by Gasteiger charge is 2.39. The van der Waals surface area contributed by atoms with Gasteiger partial charge >= 0.3 is 0 Å². The van der Waals surface area contributed by atoms with E-state index in [1.54, 1.807) is 19.9 Å². The summed E-state index contributed by atoms with van der Waals surface area (Å²) in [7, 11) is 0. The van der Waals surface area contributed by atoms with Gasteiger partial charge in [0.15, 0.2) is 5.69 Å². The average Bonchev–Trinajstić information content (AvgIpc) is 2.84. The summed E-state index contributed by atoms with van der Waals surface area (Å²) < 4.78 is 10.1. The monoisotopic (exact) mass is 240 g/mol. The van der Waals surface area contributed by atoms with Crippen molar-refractivity contribution in [1.29, 1.82) is 0 Å². The van der Waals surface area contributed by atoms with Crippen LogP contribution in [-0.2, 0) is 4.74 Å². The van der Waals surface area contributed by atoms with Crippen molar-refractivity contribution < 1.29 is 19.2 Å². The molecule has 1 aromatic heterocycles. The summed E-state index contributed by atoms with van der Waals surface area (Å²) in [5.74, 6) is 0.223. The van der Waals surface area contributed by atoms with Crippen LogP contribution in [0.2, 0.25) is 0 Å². The van der Waals surface area contributed by atoms with Crippen LogP contribution in [0.25, 0.3) is 0 Å². The summed E-state index contributed by atoms with van der Waals surface area (Å²) in [6.07, 6.45) is 0.244. The Morgan fingerprint density at radius 3 is 3.06 bits per heavy atom. The highest BCUT2D eigenvalue weighted by Crippen LogP contribution is 2.24. The molecule has 0 aliphatic carbocycles. The Morgan fingerprint density at radius 1 is 1.76 bits per heavy atom. The fourth-order valence-corrected chi connectivity index (χ4v) is 1.80. The molecule has 1 aliphatic heterocycles. The number of amides is 1. The molecule has 94 valence electrons. The van der Waals surface area contributed by atoms with Crippen LogP contribution in [0, 0.1) is 6.92 Å². The molecule has 0 spiro atoms. The molecule has 1 aliphatic rings. The van der Waals surface area contributed by atoms with Crippen LogP contribution < -0.4 is 5.32 Å². The molecule has 17 heavy (non-hydrogen) atoms. The summed E-state index contributed by atoms with van der Waals surface area (Å²) in [4.78, 5) is 11.7. The SMILES string of the molecule is Cc1cc(C(=O)NCC2(O)CCOC2C)no1. The number of ether oxygens (including phenoxy) is 1. The molecule has 2 rings (SSSR count). The maximum atomic E-state index is 11.7. The second-order valence-corrected chi connectivity index (χ2v) is 4.37. The topological polar surface area (TPSA) is 84.6 Å². The fraction of sp³-hybridized carbons (Fsp3) is 0.636. The minimum absolute atomic E-state index is 0.152. The van der Waals surface area contributed by atoms with E-state index < -0.39 is 5.60 Å². The Kier molecular flexibility index (Phi) is 3.17. The third kappa shape index (κ3) is 2.48. The molecule has 2 heterocycles. The molecule has 2 unspecified atom stereocenters. The van der Waals surface area contributed by atoms with E-state index in [4.69, 9.17) is 9.26 Å². The number of aliphatic hydroxyl groups is 1. The molecule has 0 bridgehead atoms. The first-order valence-electron chi connectivity index (χ1n) is 5.57. The van der Waals surface area contributed by atoms with Gasteiger partial charge in [-0.1, -0.05) is 5.16 Å². The van der Waals surface area contributed by atoms with Gasteiger partial charge in [0.25, 0.3) is 5.91 Å². The lowest BCUT2D eigenvalue weighted by Crippen LogP contribution is -2.47. The number of aryl methyl sites for hydroxylation is 1. The minimum atomic E-state index is -0.992. The normalized spacial score (nSPS) is 28.3. The first-order valence-corrected chi connectivity index (χ1v) is 5.57. The smallest absolute Gasteiger partial charge is 0.273 e. The van der Waals surface area contributed by atoms with E-state index in [2.05, 4.69) is 10.5 Å². The Labute approximate surface area is 98.9 Å². The molecule has 0 saturated carbocycles. The highest BCUT2D eigenvalue weighted by atomic mass is 16.5. The zero-order valence-electron chi connectivity index (χ0n) is 9.90. The van der Waals surface area contributed by atoms with E-state index >= 15 is 0 Å². The van der Waals surface area contributed by atoms with Crippen LogP contribution in [0.15, 0.2) is 10.6 Å². The molecule has 0 aromatic carbocycles. The van der Waals surface area contributed by atoms with Crippen molar-refractivity contribution in [2.45, 2.75) is 32.0 Å². The summed E-state index contributed by atoms with van der Waals surface area (Å²) >= 11 is 0. The van der Waals surface area contributed by atoms with Gasteiger partial charge in [0.1, 0.15) is 11.4 Å². The average molecular weight is 240 g/mol. The van der Waals surface area contributed by atoms with Gasteiger partial charge in [-0.25, -0.2) is 0 Å². The Morgan fingerprint density at radius 2 is 2.53 bits per heavy atom. The number of rotatable bonds is 3. The zero-order chi connectivity index (χ0) is 12.5. The Bertz CT molecular complexity index is 417. The van der Waals surface area contributed by atoms with Crippen molar-refractivity contribution in [2.24, 2.45) is 0 Å². The van der Waals surface area contributed by atoms with E-state index in [0.29, 0.717) is 18.8 Å². The van der Waals surface area contributed by atoms with Gasteiger partial charge in [0.05, 0.1) is 6.10 Å². The number of nitrogens with zero attached hydrogens (tertiary/aromatic N) is 1. The standard InChI is InChI=1S/C11H16N2O4/c1-7-5-9(13-17-7)10(14)12-6-11(15)3-4-16-8(11)2/h5,8,15H,3-4,6H2,1-2H3,(H,12,14). The first-order chi connectivity index (χ1) is 8.01. The van der Waals surface area contributed by atoms with E-state index in [1.807, 2.05) is 0 Å². The van der Waals surface area contributed by atoms with Crippen LogP contribution in [0.4, 0.5) is 0 Å². The Hall–Kier alpha value is -1.40. The number of aromatic nitrogens is 1. The van der Waals surface area contributed by atoms with Crippen LogP contribution >= 0.6 is 0 Å². The van der Waals surface area contributed by atoms with E-state index in [-0.39, 0.29) is 24.2 Å². The van der Waals surface area contributed by atoms with Gasteiger partial charge < -0.3 is 19.7 Å². The van der Waals surface area contributed by atoms with Gasteiger partial charge in [0.2, 0.25) is 0 Å². The molecule has 6 heteroatoms. The molecule has 1 amide bonds. The zero-order valence-corrected chi connectivity index (χ0v) is 9.90. The number of carbonyl (C=O) groups is 1. The van der Waals surface area contributed by atoms with Crippen molar-refractivity contribution in [3.63, 3.8) is 0 Å². The van der Waals surface area contributed by atoms with Gasteiger partial charge in [-0.15, -0.1) is 0 Å². The van der Waals surface area contributed by atoms with E-state index in [1.165, 1.54) is 0 Å². The summed E-state index contributed by atoms with van der Waals surface area (Å²) in [6, 6.07) is 1.55. The molecular weight excluding hydrogens is 224 g/mol. The van der Waals surface area contributed by atoms with Crippen LogP contribution in [-0.4, -0.2) is 41.0 Å². The second-order valence-electron chi connectivity index (χ2n) is 4.37. The van der Waals surface area contributed by atoms with Crippen molar-refractivity contribution in [3.8, 4) is 0 Å². The molecule has 1 saturated heterocycles. The lowest BCUT2D eigenvalue weighted by Gasteiger charge is -2.25. The van der Waals surface area contributed by atoms with Gasteiger partial charge in [0, 0.05) is 25.6 Å². The Balaban J connectivity index is 1.92. The van der Waals surface area contributed by atoms with E-state index in [9.17, 15) is 9.90 Å². The molecule has 1 aromatic rings. The van der Waals surface area contributed by atoms with Crippen molar-refractivity contribution in [2.75, 3.05) is 13.2 Å². The maximum Gasteiger partial charge on any atom is 0.273 e.